The van der Waals surface area contributed by atoms with Crippen molar-refractivity contribution in [2.45, 2.75) is 11.9 Å². The zero-order valence-electron chi connectivity index (χ0n) is 11.0. The van der Waals surface area contributed by atoms with Gasteiger partial charge in [0.1, 0.15) is 0 Å². The molecule has 0 saturated carbocycles. The number of pyridine rings is 1. The van der Waals surface area contributed by atoms with Crippen LogP contribution in [0, 0.1) is 17.0 Å². The summed E-state index contributed by atoms with van der Waals surface area (Å²) < 4.78 is 26.6. The minimum Gasteiger partial charge on any atom is -0.396 e. The van der Waals surface area contributed by atoms with Crippen molar-refractivity contribution >= 4 is 27.1 Å². The van der Waals surface area contributed by atoms with E-state index < -0.39 is 14.9 Å². The monoisotopic (exact) mass is 308 g/mol. The number of sulfonamides is 1. The molecule has 0 fully saturated rings. The van der Waals surface area contributed by atoms with Gasteiger partial charge in [-0.15, -0.1) is 0 Å². The molecule has 1 aromatic carbocycles. The van der Waals surface area contributed by atoms with Crippen molar-refractivity contribution in [2.24, 2.45) is 0 Å². The second kappa shape index (κ2) is 5.37. The molecule has 0 radical (unpaired) electrons. The van der Waals surface area contributed by atoms with Crippen LogP contribution in [-0.4, -0.2) is 18.3 Å². The molecule has 0 bridgehead atoms. The Morgan fingerprint density at radius 2 is 2.05 bits per heavy atom. The molecule has 9 heteroatoms. The summed E-state index contributed by atoms with van der Waals surface area (Å²) in [4.78, 5) is 13.9. The molecule has 0 aliphatic heterocycles. The average Bonchev–Trinajstić information content (AvgIpc) is 2.38. The molecule has 8 nitrogen and oxygen atoms in total. The lowest BCUT2D eigenvalue weighted by Gasteiger charge is -2.09. The number of hydrogen-bond acceptors (Lipinski definition) is 6. The summed E-state index contributed by atoms with van der Waals surface area (Å²) in [7, 11) is -3.95. The average molecular weight is 308 g/mol. The van der Waals surface area contributed by atoms with Crippen molar-refractivity contribution in [1.82, 2.24) is 4.98 Å². The first-order valence-corrected chi connectivity index (χ1v) is 7.28. The normalized spacial score (nSPS) is 11.1. The summed E-state index contributed by atoms with van der Waals surface area (Å²) >= 11 is 0. The fourth-order valence-corrected chi connectivity index (χ4v) is 2.87. The Hall–Kier alpha value is -2.68. The van der Waals surface area contributed by atoms with E-state index in [1.54, 1.807) is 0 Å². The molecule has 0 unspecified atom stereocenters. The molecule has 1 aromatic heterocycles. The molecule has 0 aliphatic carbocycles. The lowest BCUT2D eigenvalue weighted by molar-refractivity contribution is -0.385. The Balaban J connectivity index is 2.36. The number of nitro groups is 1. The molecule has 21 heavy (non-hydrogen) atoms. The quantitative estimate of drug-likeness (QED) is 0.653. The van der Waals surface area contributed by atoms with Gasteiger partial charge in [-0.1, -0.05) is 0 Å². The van der Waals surface area contributed by atoms with E-state index in [1.165, 1.54) is 43.5 Å². The Kier molecular flexibility index (Phi) is 3.76. The zero-order chi connectivity index (χ0) is 15.6. The Morgan fingerprint density at radius 3 is 2.62 bits per heavy atom. The SMILES string of the molecule is Cc1cc(NS(=O)(=O)c2ncccc2N)ccc1[N+](=O)[O-]. The molecule has 0 amide bonds. The largest absolute Gasteiger partial charge is 0.396 e. The van der Waals surface area contributed by atoms with Crippen LogP contribution in [0.2, 0.25) is 0 Å². The van der Waals surface area contributed by atoms with Gasteiger partial charge >= 0.3 is 0 Å². The van der Waals surface area contributed by atoms with Gasteiger partial charge < -0.3 is 5.73 Å². The summed E-state index contributed by atoms with van der Waals surface area (Å²) in [6.07, 6.45) is 1.31. The molecule has 0 atom stereocenters. The molecule has 0 saturated heterocycles. The van der Waals surface area contributed by atoms with Crippen LogP contribution in [0.15, 0.2) is 41.6 Å². The van der Waals surface area contributed by atoms with E-state index in [1.807, 2.05) is 0 Å². The van der Waals surface area contributed by atoms with Gasteiger partial charge in [0.05, 0.1) is 10.6 Å². The van der Waals surface area contributed by atoms with Gasteiger partial charge in [0.15, 0.2) is 5.03 Å². The summed E-state index contributed by atoms with van der Waals surface area (Å²) in [5.74, 6) is 0. The van der Waals surface area contributed by atoms with Crippen molar-refractivity contribution < 1.29 is 13.3 Å². The molecule has 1 heterocycles. The number of nitrogens with one attached hydrogen (secondary N) is 1. The van der Waals surface area contributed by atoms with Crippen LogP contribution in [0.5, 0.6) is 0 Å². The zero-order valence-corrected chi connectivity index (χ0v) is 11.8. The Labute approximate surface area is 120 Å². The molecule has 2 aromatic rings. The van der Waals surface area contributed by atoms with Crippen LogP contribution in [0.25, 0.3) is 0 Å². The molecule has 0 spiro atoms. The van der Waals surface area contributed by atoms with Crippen molar-refractivity contribution in [3.8, 4) is 0 Å². The molecule has 0 aliphatic rings. The number of nitro benzene ring substituents is 1. The van der Waals surface area contributed by atoms with Crippen LogP contribution < -0.4 is 10.5 Å². The van der Waals surface area contributed by atoms with Crippen LogP contribution in [0.1, 0.15) is 5.56 Å². The highest BCUT2D eigenvalue weighted by atomic mass is 32.2. The van der Waals surface area contributed by atoms with E-state index in [0.29, 0.717) is 5.56 Å². The minimum atomic E-state index is -3.95. The van der Waals surface area contributed by atoms with Gasteiger partial charge in [-0.2, -0.15) is 8.42 Å². The van der Waals surface area contributed by atoms with Crippen LogP contribution in [0.4, 0.5) is 17.1 Å². The molecular weight excluding hydrogens is 296 g/mol. The van der Waals surface area contributed by atoms with E-state index in [0.717, 1.165) is 0 Å². The first-order chi connectivity index (χ1) is 9.81. The third kappa shape index (κ3) is 3.08. The van der Waals surface area contributed by atoms with Crippen molar-refractivity contribution in [1.29, 1.82) is 0 Å². The number of hydrogen-bond donors (Lipinski definition) is 2. The second-order valence-corrected chi connectivity index (χ2v) is 5.86. The summed E-state index contributed by atoms with van der Waals surface area (Å²) in [5.41, 5.74) is 6.05. The van der Waals surface area contributed by atoms with Gasteiger partial charge in [-0.25, -0.2) is 4.98 Å². The number of nitrogens with two attached hydrogens (primary N) is 1. The maximum absolute atomic E-state index is 12.2. The maximum atomic E-state index is 12.2. The fourth-order valence-electron chi connectivity index (χ4n) is 1.76. The lowest BCUT2D eigenvalue weighted by Crippen LogP contribution is -2.16. The van der Waals surface area contributed by atoms with E-state index in [-0.39, 0.29) is 22.1 Å². The van der Waals surface area contributed by atoms with E-state index >= 15 is 0 Å². The van der Waals surface area contributed by atoms with Crippen LogP contribution >= 0.6 is 0 Å². The van der Waals surface area contributed by atoms with Crippen LogP contribution in [0.3, 0.4) is 0 Å². The Bertz CT molecular complexity index is 805. The van der Waals surface area contributed by atoms with Gasteiger partial charge in [-0.3, -0.25) is 14.8 Å². The summed E-state index contributed by atoms with van der Waals surface area (Å²) in [5, 5.41) is 10.4. The van der Waals surface area contributed by atoms with Gasteiger partial charge in [0.2, 0.25) is 0 Å². The predicted molar refractivity (Wildman–Crippen MR) is 77.3 cm³/mol. The van der Waals surface area contributed by atoms with Crippen molar-refractivity contribution in [2.75, 3.05) is 10.5 Å². The van der Waals surface area contributed by atoms with Gasteiger partial charge in [0.25, 0.3) is 15.7 Å². The van der Waals surface area contributed by atoms with E-state index in [4.69, 9.17) is 5.73 Å². The number of nitrogens with zero attached hydrogens (tertiary/aromatic N) is 2. The van der Waals surface area contributed by atoms with E-state index in [2.05, 4.69) is 9.71 Å². The fraction of sp³-hybridized carbons (Fsp3) is 0.0833. The number of aromatic nitrogens is 1. The number of rotatable bonds is 4. The number of nitrogen functional groups attached to an aromatic ring is 1. The molecule has 3 N–H and O–H groups in total. The standard InChI is InChI=1S/C12H12N4O4S/c1-8-7-9(4-5-11(8)16(17)18)15-21(19,20)12-10(13)3-2-6-14-12/h2-7,15H,13H2,1H3. The smallest absolute Gasteiger partial charge is 0.281 e. The van der Waals surface area contributed by atoms with Gasteiger partial charge in [0, 0.05) is 23.5 Å². The van der Waals surface area contributed by atoms with Crippen molar-refractivity contribution in [3.63, 3.8) is 0 Å². The van der Waals surface area contributed by atoms with Gasteiger partial charge in [-0.05, 0) is 31.2 Å². The first-order valence-electron chi connectivity index (χ1n) is 5.79. The number of benzene rings is 1. The summed E-state index contributed by atoms with van der Waals surface area (Å²) in [6, 6.07) is 6.85. The topological polar surface area (TPSA) is 128 Å². The second-order valence-electron chi connectivity index (χ2n) is 4.26. The number of anilines is 2. The summed E-state index contributed by atoms with van der Waals surface area (Å²) in [6.45, 7) is 1.52. The molecule has 110 valence electrons. The van der Waals surface area contributed by atoms with Crippen molar-refractivity contribution in [3.05, 3.63) is 52.2 Å². The highest BCUT2D eigenvalue weighted by Gasteiger charge is 2.20. The minimum absolute atomic E-state index is 0.0173. The number of aryl methyl sites for hydroxylation is 1. The van der Waals surface area contributed by atoms with Crippen LogP contribution in [-0.2, 0) is 10.0 Å². The molecular formula is C12H12N4O4S. The maximum Gasteiger partial charge on any atom is 0.281 e. The third-order valence-electron chi connectivity index (χ3n) is 2.70. The third-order valence-corrected chi connectivity index (χ3v) is 4.06. The molecule has 2 rings (SSSR count). The first kappa shape index (κ1) is 14.7. The predicted octanol–water partition coefficient (Wildman–Crippen LogP) is 1.68. The Morgan fingerprint density at radius 1 is 1.33 bits per heavy atom. The lowest BCUT2D eigenvalue weighted by atomic mass is 10.2. The highest BCUT2D eigenvalue weighted by Crippen LogP contribution is 2.24. The highest BCUT2D eigenvalue weighted by molar-refractivity contribution is 7.92. The van der Waals surface area contributed by atoms with E-state index in [9.17, 15) is 18.5 Å².